The molecule has 0 radical (unpaired) electrons. The highest BCUT2D eigenvalue weighted by atomic mass is 32.1. The second-order valence-electron chi connectivity index (χ2n) is 3.91. The van der Waals surface area contributed by atoms with E-state index >= 15 is 0 Å². The maximum Gasteiger partial charge on any atom is 0.433 e. The highest BCUT2D eigenvalue weighted by molar-refractivity contribution is 7.11. The van der Waals surface area contributed by atoms with E-state index in [1.54, 1.807) is 6.08 Å². The van der Waals surface area contributed by atoms with Crippen molar-refractivity contribution in [2.24, 2.45) is 0 Å². The maximum absolute atomic E-state index is 11.7. The number of furan rings is 1. The summed E-state index contributed by atoms with van der Waals surface area (Å²) >= 11 is 1.45. The van der Waals surface area contributed by atoms with Crippen molar-refractivity contribution in [2.45, 2.75) is 0 Å². The summed E-state index contributed by atoms with van der Waals surface area (Å²) in [6.45, 7) is 0. The van der Waals surface area contributed by atoms with E-state index in [0.29, 0.717) is 5.76 Å². The van der Waals surface area contributed by atoms with Gasteiger partial charge in [-0.2, -0.15) is 0 Å². The van der Waals surface area contributed by atoms with Crippen molar-refractivity contribution in [3.05, 3.63) is 62.0 Å². The Morgan fingerprint density at radius 1 is 1.30 bits per heavy atom. The molecule has 0 amide bonds. The Morgan fingerprint density at radius 3 is 2.80 bits per heavy atom. The van der Waals surface area contributed by atoms with Crippen LogP contribution in [0.1, 0.15) is 10.6 Å². The summed E-state index contributed by atoms with van der Waals surface area (Å²) in [6.07, 6.45) is 3.00. The van der Waals surface area contributed by atoms with Crippen LogP contribution in [0.2, 0.25) is 0 Å². The third-order valence-corrected chi connectivity index (χ3v) is 3.46. The highest BCUT2D eigenvalue weighted by Crippen LogP contribution is 2.30. The van der Waals surface area contributed by atoms with Crippen LogP contribution in [0.5, 0.6) is 0 Å². The number of cyclic esters (lactones) is 1. The zero-order valence-electron chi connectivity index (χ0n) is 9.94. The average Bonchev–Trinajstić information content (AvgIpc) is 3.11. The third kappa shape index (κ3) is 2.26. The highest BCUT2D eigenvalue weighted by Gasteiger charge is 2.23. The molecule has 6 nitrogen and oxygen atoms in total. The first-order valence-corrected chi connectivity index (χ1v) is 6.45. The van der Waals surface area contributed by atoms with Crippen molar-refractivity contribution in [3.8, 4) is 0 Å². The summed E-state index contributed by atoms with van der Waals surface area (Å²) < 4.78 is 10.1. The van der Waals surface area contributed by atoms with Crippen molar-refractivity contribution in [2.75, 3.05) is 0 Å². The van der Waals surface area contributed by atoms with E-state index in [-0.39, 0.29) is 17.2 Å². The predicted octanol–water partition coefficient (Wildman–Crippen LogP) is 3.23. The maximum atomic E-state index is 11.7. The van der Waals surface area contributed by atoms with E-state index in [9.17, 15) is 14.9 Å². The number of rotatable bonds is 3. The van der Waals surface area contributed by atoms with Gasteiger partial charge < -0.3 is 9.15 Å². The van der Waals surface area contributed by atoms with Crippen LogP contribution < -0.4 is 0 Å². The molecule has 0 aliphatic carbocycles. The third-order valence-electron chi connectivity index (χ3n) is 2.58. The van der Waals surface area contributed by atoms with Gasteiger partial charge in [0.15, 0.2) is 0 Å². The lowest BCUT2D eigenvalue weighted by Crippen LogP contribution is -1.96. The molecule has 3 rings (SSSR count). The normalized spacial score (nSPS) is 16.3. The van der Waals surface area contributed by atoms with E-state index in [0.717, 1.165) is 4.88 Å². The molecule has 0 aromatic carbocycles. The molecule has 0 bridgehead atoms. The number of hydrogen-bond donors (Lipinski definition) is 0. The molecular formula is C13H7NO5S. The summed E-state index contributed by atoms with van der Waals surface area (Å²) in [4.78, 5) is 22.4. The Balaban J connectivity index is 1.91. The molecule has 0 saturated carbocycles. The molecule has 1 aliphatic heterocycles. The van der Waals surface area contributed by atoms with Crippen LogP contribution in [0.25, 0.3) is 11.8 Å². The average molecular weight is 289 g/mol. The molecule has 0 N–H and O–H groups in total. The van der Waals surface area contributed by atoms with E-state index in [1.807, 2.05) is 17.5 Å². The molecule has 0 atom stereocenters. The van der Waals surface area contributed by atoms with Crippen LogP contribution in [0.4, 0.5) is 5.88 Å². The minimum absolute atomic E-state index is 0.229. The molecule has 0 saturated heterocycles. The summed E-state index contributed by atoms with van der Waals surface area (Å²) in [5.41, 5.74) is 0.289. The molecule has 20 heavy (non-hydrogen) atoms. The Kier molecular flexibility index (Phi) is 2.96. The molecular weight excluding hydrogens is 282 g/mol. The Morgan fingerprint density at radius 2 is 2.15 bits per heavy atom. The molecule has 1 aliphatic rings. The molecule has 0 unspecified atom stereocenters. The van der Waals surface area contributed by atoms with E-state index in [2.05, 4.69) is 0 Å². The van der Waals surface area contributed by atoms with Gasteiger partial charge in [0, 0.05) is 0 Å². The Labute approximate surface area is 116 Å². The van der Waals surface area contributed by atoms with Crippen LogP contribution >= 0.6 is 11.3 Å². The van der Waals surface area contributed by atoms with Crippen LogP contribution in [0, 0.1) is 10.1 Å². The van der Waals surface area contributed by atoms with Gasteiger partial charge in [0.2, 0.25) is 0 Å². The molecule has 2 aromatic heterocycles. The van der Waals surface area contributed by atoms with Crippen molar-refractivity contribution < 1.29 is 18.9 Å². The smallest absolute Gasteiger partial charge is 0.421 e. The molecule has 0 fully saturated rings. The van der Waals surface area contributed by atoms with Crippen LogP contribution in [-0.2, 0) is 9.53 Å². The number of thiophene rings is 1. The van der Waals surface area contributed by atoms with Crippen molar-refractivity contribution in [1.29, 1.82) is 0 Å². The topological polar surface area (TPSA) is 82.6 Å². The van der Waals surface area contributed by atoms with Gasteiger partial charge in [0.05, 0.1) is 16.5 Å². The minimum atomic E-state index is -0.637. The number of esters is 1. The minimum Gasteiger partial charge on any atom is -0.421 e. The van der Waals surface area contributed by atoms with Crippen molar-refractivity contribution >= 4 is 35.0 Å². The van der Waals surface area contributed by atoms with Crippen LogP contribution in [0.15, 0.2) is 45.7 Å². The lowest BCUT2D eigenvalue weighted by atomic mass is 10.2. The van der Waals surface area contributed by atoms with Gasteiger partial charge in [-0.1, -0.05) is 6.07 Å². The van der Waals surface area contributed by atoms with Gasteiger partial charge in [0.25, 0.3) is 0 Å². The molecule has 100 valence electrons. The van der Waals surface area contributed by atoms with E-state index < -0.39 is 10.9 Å². The summed E-state index contributed by atoms with van der Waals surface area (Å²) in [5.74, 6) is -0.178. The monoisotopic (exact) mass is 289 g/mol. The largest absolute Gasteiger partial charge is 0.433 e. The predicted molar refractivity (Wildman–Crippen MR) is 71.7 cm³/mol. The number of nitrogens with zero attached hydrogens (tertiary/aromatic N) is 1. The molecule has 0 spiro atoms. The SMILES string of the molecule is O=C1OC(c2cccs2)=C/C1=C\c1ccc([N+](=O)[O-])o1. The van der Waals surface area contributed by atoms with Gasteiger partial charge in [-0.15, -0.1) is 11.3 Å². The van der Waals surface area contributed by atoms with Gasteiger partial charge >= 0.3 is 11.9 Å². The van der Waals surface area contributed by atoms with Gasteiger partial charge in [-0.3, -0.25) is 10.1 Å². The quantitative estimate of drug-likeness (QED) is 0.375. The number of carbonyl (C=O) groups is 1. The van der Waals surface area contributed by atoms with Gasteiger partial charge in [-0.25, -0.2) is 4.79 Å². The lowest BCUT2D eigenvalue weighted by molar-refractivity contribution is -0.402. The molecule has 2 aromatic rings. The van der Waals surface area contributed by atoms with Gasteiger partial charge in [-0.05, 0) is 29.7 Å². The zero-order chi connectivity index (χ0) is 14.1. The fraction of sp³-hybridized carbons (Fsp3) is 0. The van der Waals surface area contributed by atoms with Crippen LogP contribution in [-0.4, -0.2) is 10.9 Å². The summed E-state index contributed by atoms with van der Waals surface area (Å²) in [7, 11) is 0. The van der Waals surface area contributed by atoms with Crippen molar-refractivity contribution in [3.63, 3.8) is 0 Å². The fourth-order valence-corrected chi connectivity index (χ4v) is 2.38. The lowest BCUT2D eigenvalue weighted by Gasteiger charge is -1.95. The van der Waals surface area contributed by atoms with Gasteiger partial charge in [0.1, 0.15) is 16.4 Å². The number of nitro groups is 1. The first-order chi connectivity index (χ1) is 9.63. The standard InChI is InChI=1S/C13H7NO5S/c15-13-8(6-9-3-4-12(18-9)14(16)17)7-10(19-13)11-2-1-5-20-11/h1-7H/b8-6+. The fourth-order valence-electron chi connectivity index (χ4n) is 1.70. The van der Waals surface area contributed by atoms with E-state index in [4.69, 9.17) is 9.15 Å². The summed E-state index contributed by atoms with van der Waals surface area (Å²) in [5, 5.41) is 12.4. The Hall–Kier alpha value is -2.67. The van der Waals surface area contributed by atoms with E-state index in [1.165, 1.54) is 29.5 Å². The number of carbonyl (C=O) groups excluding carboxylic acids is 1. The number of hydrogen-bond acceptors (Lipinski definition) is 6. The molecule has 3 heterocycles. The summed E-state index contributed by atoms with van der Waals surface area (Å²) in [6, 6.07) is 6.35. The zero-order valence-corrected chi connectivity index (χ0v) is 10.8. The second kappa shape index (κ2) is 4.78. The first-order valence-electron chi connectivity index (χ1n) is 5.57. The van der Waals surface area contributed by atoms with Crippen molar-refractivity contribution in [1.82, 2.24) is 0 Å². The Bertz CT molecular complexity index is 739. The second-order valence-corrected chi connectivity index (χ2v) is 4.86. The number of ether oxygens (including phenoxy) is 1. The van der Waals surface area contributed by atoms with Crippen LogP contribution in [0.3, 0.4) is 0 Å². The molecule has 7 heteroatoms. The first kappa shape index (κ1) is 12.4.